The normalized spacial score (nSPS) is 14.5. The molecule has 19 heavy (non-hydrogen) atoms. The van der Waals surface area contributed by atoms with Gasteiger partial charge in [-0.1, -0.05) is 0 Å². The smallest absolute Gasteiger partial charge is 0.313 e. The van der Waals surface area contributed by atoms with Crippen molar-refractivity contribution in [2.45, 2.75) is 31.2 Å². The Hall–Kier alpha value is -1.31. The fraction of sp³-hybridized carbons (Fsp3) is 0.545. The van der Waals surface area contributed by atoms with Crippen LogP contribution in [0.15, 0.2) is 18.5 Å². The molecule has 1 heterocycles. The third kappa shape index (κ3) is 4.70. The number of hydrogen-bond acceptors (Lipinski definition) is 2. The molecule has 1 aromatic rings. The Morgan fingerprint density at radius 3 is 2.32 bits per heavy atom. The van der Waals surface area contributed by atoms with Crippen LogP contribution in [-0.4, -0.2) is 18.2 Å². The zero-order valence-electron chi connectivity index (χ0n) is 9.94. The summed E-state index contributed by atoms with van der Waals surface area (Å²) in [5.41, 5.74) is -1.24. The van der Waals surface area contributed by atoms with E-state index >= 15 is 0 Å². The van der Waals surface area contributed by atoms with Crippen molar-refractivity contribution >= 4 is 0 Å². The summed E-state index contributed by atoms with van der Waals surface area (Å²) in [6.07, 6.45) is -8.76. The van der Waals surface area contributed by atoms with Gasteiger partial charge < -0.3 is 5.32 Å². The lowest BCUT2D eigenvalue weighted by atomic mass is 9.98. The first-order valence-corrected chi connectivity index (χ1v) is 5.40. The number of aromatic nitrogens is 1. The zero-order valence-corrected chi connectivity index (χ0v) is 9.94. The Balaban J connectivity index is 2.99. The van der Waals surface area contributed by atoms with Crippen LogP contribution in [0.1, 0.15) is 30.0 Å². The molecule has 0 radical (unpaired) electrons. The Kier molecular flexibility index (Phi) is 4.78. The minimum atomic E-state index is -4.62. The van der Waals surface area contributed by atoms with E-state index in [0.29, 0.717) is 0 Å². The van der Waals surface area contributed by atoms with E-state index < -0.39 is 36.8 Å². The summed E-state index contributed by atoms with van der Waals surface area (Å²) in [6, 6.07) is -0.292. The summed E-state index contributed by atoms with van der Waals surface area (Å²) in [5, 5.41) is 2.46. The van der Waals surface area contributed by atoms with Crippen LogP contribution in [0.4, 0.5) is 26.3 Å². The van der Waals surface area contributed by atoms with Gasteiger partial charge in [-0.05, 0) is 25.1 Å². The van der Waals surface area contributed by atoms with Crippen LogP contribution in [0.5, 0.6) is 0 Å². The summed E-state index contributed by atoms with van der Waals surface area (Å²) in [7, 11) is 1.31. The average Bonchev–Trinajstić information content (AvgIpc) is 2.27. The molecule has 1 N–H and O–H groups in total. The summed E-state index contributed by atoms with van der Waals surface area (Å²) in [5.74, 6) is 0. The van der Waals surface area contributed by atoms with E-state index in [1.165, 1.54) is 7.05 Å². The van der Waals surface area contributed by atoms with Crippen LogP contribution in [0.25, 0.3) is 0 Å². The van der Waals surface area contributed by atoms with Gasteiger partial charge in [0.1, 0.15) is 0 Å². The SMILES string of the molecule is CNC(CCC(F)(F)F)c1cnccc1C(F)(F)F. The number of pyridine rings is 1. The van der Waals surface area contributed by atoms with Gasteiger partial charge in [-0.3, -0.25) is 4.98 Å². The van der Waals surface area contributed by atoms with Crippen LogP contribution >= 0.6 is 0 Å². The fourth-order valence-electron chi connectivity index (χ4n) is 1.71. The molecule has 0 amide bonds. The highest BCUT2D eigenvalue weighted by Gasteiger charge is 2.36. The lowest BCUT2D eigenvalue weighted by Crippen LogP contribution is -2.23. The molecular weight excluding hydrogens is 274 g/mol. The molecule has 0 aliphatic rings. The molecule has 2 nitrogen and oxygen atoms in total. The topological polar surface area (TPSA) is 24.9 Å². The van der Waals surface area contributed by atoms with Crippen LogP contribution in [0.3, 0.4) is 0 Å². The molecule has 0 bridgehead atoms. The Morgan fingerprint density at radius 1 is 1.21 bits per heavy atom. The van der Waals surface area contributed by atoms with Crippen molar-refractivity contribution in [1.29, 1.82) is 0 Å². The van der Waals surface area contributed by atoms with E-state index in [1.807, 2.05) is 0 Å². The molecule has 8 heteroatoms. The molecular formula is C11H12F6N2. The number of rotatable bonds is 4. The first-order valence-electron chi connectivity index (χ1n) is 5.40. The van der Waals surface area contributed by atoms with Gasteiger partial charge >= 0.3 is 12.4 Å². The third-order valence-electron chi connectivity index (χ3n) is 2.60. The highest BCUT2D eigenvalue weighted by Crippen LogP contribution is 2.36. The van der Waals surface area contributed by atoms with E-state index in [4.69, 9.17) is 0 Å². The standard InChI is InChI=1S/C11H12F6N2/c1-18-9(2-4-10(12,13)14)7-6-19-5-3-8(7)11(15,16)17/h3,5-6,9,18H,2,4H2,1H3. The summed E-state index contributed by atoms with van der Waals surface area (Å²) < 4.78 is 74.6. The van der Waals surface area contributed by atoms with Crippen LogP contribution in [-0.2, 0) is 6.18 Å². The molecule has 0 aromatic carbocycles. The van der Waals surface area contributed by atoms with Gasteiger partial charge in [0.25, 0.3) is 0 Å². The van der Waals surface area contributed by atoms with Gasteiger partial charge in [0, 0.05) is 24.9 Å². The van der Waals surface area contributed by atoms with Crippen molar-refractivity contribution in [1.82, 2.24) is 10.3 Å². The molecule has 1 rings (SSSR count). The molecule has 1 unspecified atom stereocenters. The quantitative estimate of drug-likeness (QED) is 0.854. The van der Waals surface area contributed by atoms with Crippen molar-refractivity contribution in [2.75, 3.05) is 7.05 Å². The van der Waals surface area contributed by atoms with Crippen LogP contribution < -0.4 is 5.32 Å². The first-order chi connectivity index (χ1) is 8.65. The molecule has 108 valence electrons. The van der Waals surface area contributed by atoms with Crippen LogP contribution in [0.2, 0.25) is 0 Å². The minimum absolute atomic E-state index is 0.276. The molecule has 0 aliphatic carbocycles. The van der Waals surface area contributed by atoms with Gasteiger partial charge in [0.05, 0.1) is 5.56 Å². The highest BCUT2D eigenvalue weighted by atomic mass is 19.4. The number of nitrogens with one attached hydrogen (secondary N) is 1. The summed E-state index contributed by atoms with van der Waals surface area (Å²) in [4.78, 5) is 3.55. The second kappa shape index (κ2) is 5.77. The number of hydrogen-bond donors (Lipinski definition) is 1. The predicted octanol–water partition coefficient (Wildman–Crippen LogP) is 3.70. The van der Waals surface area contributed by atoms with E-state index in [-0.39, 0.29) is 5.56 Å². The largest absolute Gasteiger partial charge is 0.416 e. The Bertz CT molecular complexity index is 412. The minimum Gasteiger partial charge on any atom is -0.313 e. The molecule has 0 saturated carbocycles. The van der Waals surface area contributed by atoms with E-state index in [2.05, 4.69) is 10.3 Å². The summed E-state index contributed by atoms with van der Waals surface area (Å²) in [6.45, 7) is 0. The molecule has 0 saturated heterocycles. The van der Waals surface area contributed by atoms with E-state index in [0.717, 1.165) is 18.5 Å². The maximum absolute atomic E-state index is 12.7. The summed E-state index contributed by atoms with van der Waals surface area (Å²) >= 11 is 0. The van der Waals surface area contributed by atoms with Crippen molar-refractivity contribution in [2.24, 2.45) is 0 Å². The molecule has 0 spiro atoms. The van der Waals surface area contributed by atoms with Crippen molar-refractivity contribution < 1.29 is 26.3 Å². The fourth-order valence-corrected chi connectivity index (χ4v) is 1.71. The molecule has 0 aliphatic heterocycles. The van der Waals surface area contributed by atoms with E-state index in [9.17, 15) is 26.3 Å². The highest BCUT2D eigenvalue weighted by molar-refractivity contribution is 5.29. The van der Waals surface area contributed by atoms with Gasteiger partial charge in [0.2, 0.25) is 0 Å². The van der Waals surface area contributed by atoms with Gasteiger partial charge in [-0.15, -0.1) is 0 Å². The van der Waals surface area contributed by atoms with Gasteiger partial charge in [-0.2, -0.15) is 26.3 Å². The van der Waals surface area contributed by atoms with Crippen molar-refractivity contribution in [3.8, 4) is 0 Å². The average molecular weight is 286 g/mol. The van der Waals surface area contributed by atoms with E-state index in [1.54, 1.807) is 0 Å². The predicted molar refractivity (Wildman–Crippen MR) is 56.3 cm³/mol. The van der Waals surface area contributed by atoms with Gasteiger partial charge in [0.15, 0.2) is 0 Å². The number of nitrogens with zero attached hydrogens (tertiary/aromatic N) is 1. The maximum Gasteiger partial charge on any atom is 0.416 e. The number of halogens is 6. The van der Waals surface area contributed by atoms with Crippen LogP contribution in [0, 0.1) is 0 Å². The van der Waals surface area contributed by atoms with Crippen molar-refractivity contribution in [3.05, 3.63) is 29.6 Å². The number of alkyl halides is 6. The second-order valence-corrected chi connectivity index (χ2v) is 3.96. The first kappa shape index (κ1) is 15.7. The Labute approximate surface area is 105 Å². The van der Waals surface area contributed by atoms with Gasteiger partial charge in [-0.25, -0.2) is 0 Å². The second-order valence-electron chi connectivity index (χ2n) is 3.96. The molecule has 1 atom stereocenters. The third-order valence-corrected chi connectivity index (χ3v) is 2.60. The molecule has 1 aromatic heterocycles. The lowest BCUT2D eigenvalue weighted by Gasteiger charge is -2.21. The lowest BCUT2D eigenvalue weighted by molar-refractivity contribution is -0.139. The Morgan fingerprint density at radius 2 is 1.84 bits per heavy atom. The maximum atomic E-state index is 12.7. The zero-order chi connectivity index (χ0) is 14.7. The monoisotopic (exact) mass is 286 g/mol. The molecule has 0 fully saturated rings. The van der Waals surface area contributed by atoms with Crippen molar-refractivity contribution in [3.63, 3.8) is 0 Å².